The highest BCUT2D eigenvalue weighted by Gasteiger charge is 2.36. The summed E-state index contributed by atoms with van der Waals surface area (Å²) in [4.78, 5) is 26.5. The second-order valence-electron chi connectivity index (χ2n) is 11.3. The van der Waals surface area contributed by atoms with Crippen molar-refractivity contribution in [1.82, 2.24) is 9.62 Å². The first kappa shape index (κ1) is 33.8. The summed E-state index contributed by atoms with van der Waals surface area (Å²) in [6, 6.07) is 23.7. The summed E-state index contributed by atoms with van der Waals surface area (Å²) in [6.45, 7) is 0.924. The van der Waals surface area contributed by atoms with E-state index in [9.17, 15) is 39.6 Å². The Kier molecular flexibility index (Phi) is 8.77. The molecule has 0 saturated carbocycles. The summed E-state index contributed by atoms with van der Waals surface area (Å²) in [6.07, 6.45) is -4.75. The van der Waals surface area contributed by atoms with Crippen LogP contribution in [-0.2, 0) is 43.9 Å². The van der Waals surface area contributed by atoms with E-state index in [0.29, 0.717) is 33.0 Å². The van der Waals surface area contributed by atoms with Crippen molar-refractivity contribution in [2.24, 2.45) is 4.99 Å². The highest BCUT2D eigenvalue weighted by molar-refractivity contribution is 7.92. The Bertz CT molecular complexity index is 2370. The predicted molar refractivity (Wildman–Crippen MR) is 174 cm³/mol. The fourth-order valence-electron chi connectivity index (χ4n) is 5.45. The van der Waals surface area contributed by atoms with Gasteiger partial charge in [-0.2, -0.15) is 22.5 Å². The molecule has 4 aromatic carbocycles. The van der Waals surface area contributed by atoms with Gasteiger partial charge in [0.05, 0.1) is 16.3 Å². The summed E-state index contributed by atoms with van der Waals surface area (Å²) in [5.41, 5.74) is 1.60. The summed E-state index contributed by atoms with van der Waals surface area (Å²) in [5, 5.41) is 3.04. The average Bonchev–Trinajstić information content (AvgIpc) is 3.66. The Balaban J connectivity index is 1.31. The molecule has 49 heavy (non-hydrogen) atoms. The number of sulfone groups is 1. The number of aryl methyl sites for hydroxylation is 1. The van der Waals surface area contributed by atoms with Crippen molar-refractivity contribution in [3.05, 3.63) is 120 Å². The lowest BCUT2D eigenvalue weighted by Gasteiger charge is -2.24. The van der Waals surface area contributed by atoms with Gasteiger partial charge in [0.1, 0.15) is 17.2 Å². The number of imide groups is 1. The monoisotopic (exact) mass is 709 g/mol. The minimum absolute atomic E-state index is 0.0215. The maximum atomic E-state index is 14.3. The molecular formula is C34H26F3N3O7S2. The molecule has 0 aliphatic carbocycles. The third-order valence-corrected chi connectivity index (χ3v) is 11.5. The normalized spacial score (nSPS) is 14.0. The van der Waals surface area contributed by atoms with E-state index < -0.39 is 61.7 Å². The molecule has 3 amide bonds. The summed E-state index contributed by atoms with van der Waals surface area (Å²) >= 11 is 0. The number of hydrogen-bond acceptors (Lipinski definition) is 7. The second-order valence-corrected chi connectivity index (χ2v) is 15.1. The van der Waals surface area contributed by atoms with Crippen LogP contribution < -0.4 is 5.32 Å². The minimum atomic E-state index is -4.75. The molecule has 0 unspecified atom stereocenters. The van der Waals surface area contributed by atoms with Crippen LogP contribution in [0.25, 0.3) is 21.9 Å². The lowest BCUT2D eigenvalue weighted by atomic mass is 10.0. The molecule has 252 valence electrons. The number of nitrogens with one attached hydrogen (secondary N) is 1. The van der Waals surface area contributed by atoms with Gasteiger partial charge in [0, 0.05) is 11.9 Å². The Morgan fingerprint density at radius 2 is 1.55 bits per heavy atom. The van der Waals surface area contributed by atoms with Gasteiger partial charge in [-0.05, 0) is 58.8 Å². The first-order chi connectivity index (χ1) is 23.1. The van der Waals surface area contributed by atoms with Crippen molar-refractivity contribution >= 4 is 48.3 Å². The molecule has 10 nitrogen and oxygen atoms in total. The van der Waals surface area contributed by atoms with E-state index in [2.05, 4.69) is 4.99 Å². The molecule has 1 aliphatic heterocycles. The molecule has 0 bridgehead atoms. The van der Waals surface area contributed by atoms with E-state index in [1.54, 1.807) is 73.7 Å². The molecular weight excluding hydrogens is 684 g/mol. The lowest BCUT2D eigenvalue weighted by Crippen LogP contribution is -2.31. The van der Waals surface area contributed by atoms with Gasteiger partial charge in [0.25, 0.3) is 5.91 Å². The Labute approximate surface area is 278 Å². The van der Waals surface area contributed by atoms with Crippen molar-refractivity contribution in [2.75, 3.05) is 5.75 Å². The van der Waals surface area contributed by atoms with Crippen LogP contribution in [0, 0.1) is 6.92 Å². The fraction of sp³-hybridized carbons (Fsp3) is 0.147. The van der Waals surface area contributed by atoms with Crippen LogP contribution in [0.4, 0.5) is 18.0 Å². The number of carbonyl (C=O) groups excluding carboxylic acids is 2. The van der Waals surface area contributed by atoms with E-state index in [0.717, 1.165) is 16.4 Å². The smallest absolute Gasteiger partial charge is 0.449 e. The van der Waals surface area contributed by atoms with Gasteiger partial charge in [0.15, 0.2) is 9.84 Å². The number of alkyl halides is 3. The van der Waals surface area contributed by atoms with E-state index in [-0.39, 0.29) is 22.1 Å². The van der Waals surface area contributed by atoms with Crippen LogP contribution in [0.2, 0.25) is 0 Å². The molecule has 0 fully saturated rings. The number of nitrogens with zero attached hydrogens (tertiary/aromatic N) is 2. The Hall–Kier alpha value is -5.12. The van der Waals surface area contributed by atoms with Crippen LogP contribution in [0.5, 0.6) is 0 Å². The first-order valence-corrected chi connectivity index (χ1v) is 17.7. The second kappa shape index (κ2) is 12.7. The highest BCUT2D eigenvalue weighted by Crippen LogP contribution is 2.34. The summed E-state index contributed by atoms with van der Waals surface area (Å²) < 4.78 is 101. The number of hydrogen-bond donors (Lipinski definition) is 1. The van der Waals surface area contributed by atoms with E-state index in [4.69, 9.17) is 4.42 Å². The molecule has 6 rings (SSSR count). The van der Waals surface area contributed by atoms with Crippen molar-refractivity contribution in [1.29, 1.82) is 0 Å². The standard InChI is InChI=1S/C34H26F3N3O7S2/c1-21-9-12-24-5-2-3-8-28(24)31(21)49(45,46)40(19-26-15-16-30(47-26)34(35,36)37)18-22-10-13-23(14-11-22)25-6-4-7-27(17-25)48(43,44)20-29-32(41)39-33(42)38-29/h2-17H,18-20H2,1H3,(H,39,41,42). The van der Waals surface area contributed by atoms with E-state index >= 15 is 0 Å². The maximum Gasteiger partial charge on any atom is 0.449 e. The van der Waals surface area contributed by atoms with Gasteiger partial charge in [-0.1, -0.05) is 72.8 Å². The number of benzene rings is 4. The number of furan rings is 1. The topological polar surface area (TPSA) is 143 Å². The number of urea groups is 1. The summed E-state index contributed by atoms with van der Waals surface area (Å²) in [7, 11) is -8.37. The summed E-state index contributed by atoms with van der Waals surface area (Å²) in [5.74, 6) is -3.09. The molecule has 0 radical (unpaired) electrons. The van der Waals surface area contributed by atoms with Gasteiger partial charge < -0.3 is 4.42 Å². The number of amides is 3. The molecule has 0 spiro atoms. The molecule has 15 heteroatoms. The van der Waals surface area contributed by atoms with E-state index in [1.165, 1.54) is 18.2 Å². The third-order valence-electron chi connectivity index (χ3n) is 7.83. The van der Waals surface area contributed by atoms with Crippen LogP contribution in [-0.4, -0.2) is 44.5 Å². The molecule has 0 atom stereocenters. The molecule has 5 aromatic rings. The van der Waals surface area contributed by atoms with Crippen molar-refractivity contribution in [3.8, 4) is 11.1 Å². The maximum absolute atomic E-state index is 14.3. The fourth-order valence-corrected chi connectivity index (χ4v) is 8.57. The lowest BCUT2D eigenvalue weighted by molar-refractivity contribution is -0.153. The highest BCUT2D eigenvalue weighted by atomic mass is 32.2. The molecule has 2 heterocycles. The third kappa shape index (κ3) is 7.04. The van der Waals surface area contributed by atoms with Crippen LogP contribution in [0.1, 0.15) is 22.6 Å². The average molecular weight is 710 g/mol. The number of sulfonamides is 1. The largest absolute Gasteiger partial charge is 0.455 e. The molecule has 1 aromatic heterocycles. The van der Waals surface area contributed by atoms with Crippen molar-refractivity contribution < 1.29 is 44.0 Å². The van der Waals surface area contributed by atoms with Crippen LogP contribution in [0.15, 0.2) is 116 Å². The zero-order valence-electron chi connectivity index (χ0n) is 25.6. The number of halogens is 3. The number of aliphatic imine (C=N–C) groups is 1. The van der Waals surface area contributed by atoms with E-state index in [1.807, 2.05) is 5.32 Å². The Morgan fingerprint density at radius 1 is 0.816 bits per heavy atom. The number of carbonyl (C=O) groups is 2. The zero-order valence-corrected chi connectivity index (χ0v) is 27.2. The predicted octanol–water partition coefficient (Wildman–Crippen LogP) is 6.28. The molecule has 1 N–H and O–H groups in total. The van der Waals surface area contributed by atoms with Gasteiger partial charge in [-0.15, -0.1) is 0 Å². The Morgan fingerprint density at radius 3 is 2.22 bits per heavy atom. The quantitative estimate of drug-likeness (QED) is 0.180. The first-order valence-electron chi connectivity index (χ1n) is 14.6. The molecule has 0 saturated heterocycles. The van der Waals surface area contributed by atoms with Gasteiger partial charge >= 0.3 is 12.2 Å². The molecule has 1 aliphatic rings. The number of rotatable bonds is 10. The van der Waals surface area contributed by atoms with Crippen molar-refractivity contribution in [2.45, 2.75) is 36.0 Å². The van der Waals surface area contributed by atoms with Gasteiger partial charge in [-0.3, -0.25) is 10.1 Å². The van der Waals surface area contributed by atoms with Crippen LogP contribution in [0.3, 0.4) is 0 Å². The SMILES string of the molecule is Cc1ccc2ccccc2c1S(=O)(=O)N(Cc1ccc(-c2cccc(S(=O)(=O)CC3=NC(=O)NC3=O)c2)cc1)Cc1ccc(C(F)(F)F)o1. The van der Waals surface area contributed by atoms with Gasteiger partial charge in [-0.25, -0.2) is 21.6 Å². The van der Waals surface area contributed by atoms with Crippen molar-refractivity contribution in [3.63, 3.8) is 0 Å². The van der Waals surface area contributed by atoms with Crippen LogP contribution >= 0.6 is 0 Å². The van der Waals surface area contributed by atoms with Gasteiger partial charge in [0.2, 0.25) is 15.8 Å². The minimum Gasteiger partial charge on any atom is -0.455 e. The number of fused-ring (bicyclic) bond motifs is 1. The zero-order chi connectivity index (χ0) is 35.1.